The number of amides is 2. The van der Waals surface area contributed by atoms with Crippen LogP contribution >= 0.6 is 0 Å². The fraction of sp³-hybridized carbons (Fsp3) is 0.577. The lowest BCUT2D eigenvalue weighted by Gasteiger charge is -2.33. The molecule has 1 aromatic heterocycles. The molecular weight excluding hydrogens is 428 g/mol. The molecule has 34 heavy (non-hydrogen) atoms. The van der Waals surface area contributed by atoms with Crippen molar-refractivity contribution in [3.8, 4) is 6.07 Å². The number of hydrogen-bond donors (Lipinski definition) is 2. The first-order valence-electron chi connectivity index (χ1n) is 12.4. The number of rotatable bonds is 7. The number of nitrogens with one attached hydrogen (secondary N) is 2. The van der Waals surface area contributed by atoms with E-state index in [1.165, 1.54) is 0 Å². The van der Waals surface area contributed by atoms with Crippen LogP contribution in [-0.2, 0) is 11.8 Å². The molecule has 2 aromatic rings. The van der Waals surface area contributed by atoms with E-state index in [0.29, 0.717) is 12.1 Å². The van der Waals surface area contributed by atoms with Crippen molar-refractivity contribution in [3.05, 3.63) is 36.0 Å². The summed E-state index contributed by atoms with van der Waals surface area (Å²) in [6.07, 6.45) is 4.05. The maximum absolute atomic E-state index is 13.2. The standard InChI is InChI=1S/C26H36N6O2/c1-30-13-15-32(16-14-30)12-11-20(18-27)28-25(33)21-8-4-5-9-22(21)29-26(34)24-17-19-7-3-6-10-23(19)31(24)2/h3,6-7,10,17,20-22H,4-5,8-9,11-16H2,1-2H3,(H,28,33)(H,29,34). The average molecular weight is 465 g/mol. The molecule has 2 fully saturated rings. The minimum Gasteiger partial charge on any atom is -0.347 e. The zero-order chi connectivity index (χ0) is 24.1. The fourth-order valence-electron chi connectivity index (χ4n) is 5.20. The summed E-state index contributed by atoms with van der Waals surface area (Å²) in [7, 11) is 4.01. The van der Waals surface area contributed by atoms with Gasteiger partial charge in [-0.2, -0.15) is 5.26 Å². The molecule has 3 atom stereocenters. The van der Waals surface area contributed by atoms with Gasteiger partial charge in [0.25, 0.3) is 5.91 Å². The highest BCUT2D eigenvalue weighted by Gasteiger charge is 2.33. The minimum absolute atomic E-state index is 0.119. The number of likely N-dealkylation sites (N-methyl/N-ethyl adjacent to an activating group) is 1. The first-order chi connectivity index (χ1) is 16.5. The van der Waals surface area contributed by atoms with Crippen LogP contribution in [0.3, 0.4) is 0 Å². The van der Waals surface area contributed by atoms with Gasteiger partial charge in [-0.1, -0.05) is 31.0 Å². The van der Waals surface area contributed by atoms with Crippen molar-refractivity contribution in [2.75, 3.05) is 39.8 Å². The van der Waals surface area contributed by atoms with Crippen LogP contribution in [0.2, 0.25) is 0 Å². The van der Waals surface area contributed by atoms with Crippen molar-refractivity contribution in [1.29, 1.82) is 5.26 Å². The quantitative estimate of drug-likeness (QED) is 0.655. The van der Waals surface area contributed by atoms with Crippen molar-refractivity contribution in [2.24, 2.45) is 13.0 Å². The molecule has 1 aliphatic heterocycles. The fourth-order valence-corrected chi connectivity index (χ4v) is 5.20. The summed E-state index contributed by atoms with van der Waals surface area (Å²) in [5.74, 6) is -0.589. The van der Waals surface area contributed by atoms with Crippen LogP contribution in [0.25, 0.3) is 10.9 Å². The smallest absolute Gasteiger partial charge is 0.268 e. The van der Waals surface area contributed by atoms with Crippen molar-refractivity contribution in [2.45, 2.75) is 44.2 Å². The van der Waals surface area contributed by atoms with Crippen LogP contribution in [0.5, 0.6) is 0 Å². The summed E-state index contributed by atoms with van der Waals surface area (Å²) < 4.78 is 1.90. The summed E-state index contributed by atoms with van der Waals surface area (Å²) in [5.41, 5.74) is 1.59. The highest BCUT2D eigenvalue weighted by atomic mass is 16.2. The van der Waals surface area contributed by atoms with Crippen molar-refractivity contribution < 1.29 is 9.59 Å². The number of carbonyl (C=O) groups excluding carboxylic acids is 2. The second kappa shape index (κ2) is 11.0. The number of aryl methyl sites for hydroxylation is 1. The molecule has 2 heterocycles. The third kappa shape index (κ3) is 5.60. The molecule has 1 aromatic carbocycles. The van der Waals surface area contributed by atoms with Gasteiger partial charge < -0.3 is 25.0 Å². The first kappa shape index (κ1) is 24.2. The Labute approximate surface area is 201 Å². The van der Waals surface area contributed by atoms with Gasteiger partial charge in [0.2, 0.25) is 5.91 Å². The normalized spacial score (nSPS) is 22.7. The Morgan fingerprint density at radius 1 is 1.12 bits per heavy atom. The topological polar surface area (TPSA) is 93.4 Å². The van der Waals surface area contributed by atoms with Gasteiger partial charge in [-0.05, 0) is 38.4 Å². The largest absolute Gasteiger partial charge is 0.347 e. The zero-order valence-corrected chi connectivity index (χ0v) is 20.3. The molecule has 0 spiro atoms. The summed E-state index contributed by atoms with van der Waals surface area (Å²) in [5, 5.41) is 16.8. The Bertz CT molecular complexity index is 1050. The molecule has 3 unspecified atom stereocenters. The molecule has 0 bridgehead atoms. The highest BCUT2D eigenvalue weighted by molar-refractivity contribution is 5.99. The molecule has 2 aliphatic rings. The lowest BCUT2D eigenvalue weighted by atomic mass is 9.83. The van der Waals surface area contributed by atoms with Gasteiger partial charge in [-0.3, -0.25) is 9.59 Å². The predicted octanol–water partition coefficient (Wildman–Crippen LogP) is 2.11. The highest BCUT2D eigenvalue weighted by Crippen LogP contribution is 2.26. The maximum atomic E-state index is 13.2. The monoisotopic (exact) mass is 464 g/mol. The van der Waals surface area contributed by atoms with Crippen LogP contribution in [0, 0.1) is 17.2 Å². The third-order valence-corrected chi connectivity index (χ3v) is 7.41. The Kier molecular flexibility index (Phi) is 7.86. The van der Waals surface area contributed by atoms with Crippen molar-refractivity contribution in [1.82, 2.24) is 25.0 Å². The molecule has 1 saturated carbocycles. The minimum atomic E-state index is -0.511. The van der Waals surface area contributed by atoms with Gasteiger partial charge >= 0.3 is 0 Å². The van der Waals surface area contributed by atoms with E-state index in [-0.39, 0.29) is 23.8 Å². The van der Waals surface area contributed by atoms with Gasteiger partial charge in [0.15, 0.2) is 0 Å². The average Bonchev–Trinajstić information content (AvgIpc) is 3.19. The number of fused-ring (bicyclic) bond motifs is 1. The molecule has 8 heteroatoms. The number of benzene rings is 1. The van der Waals surface area contributed by atoms with Gasteiger partial charge in [0.1, 0.15) is 11.7 Å². The van der Waals surface area contributed by atoms with E-state index in [9.17, 15) is 14.9 Å². The van der Waals surface area contributed by atoms with Crippen LogP contribution in [0.4, 0.5) is 0 Å². The number of nitriles is 1. The van der Waals surface area contributed by atoms with E-state index in [1.807, 2.05) is 41.9 Å². The number of carbonyl (C=O) groups is 2. The number of nitrogens with zero attached hydrogens (tertiary/aromatic N) is 4. The molecule has 4 rings (SSSR count). The molecule has 0 radical (unpaired) electrons. The Morgan fingerprint density at radius 2 is 1.85 bits per heavy atom. The van der Waals surface area contributed by atoms with E-state index in [2.05, 4.69) is 33.6 Å². The first-order valence-corrected chi connectivity index (χ1v) is 12.4. The predicted molar refractivity (Wildman–Crippen MR) is 132 cm³/mol. The molecule has 1 saturated heterocycles. The molecule has 1 aliphatic carbocycles. The number of para-hydroxylation sites is 1. The van der Waals surface area contributed by atoms with Crippen molar-refractivity contribution in [3.63, 3.8) is 0 Å². The summed E-state index contributed by atoms with van der Waals surface area (Å²) >= 11 is 0. The van der Waals surface area contributed by atoms with E-state index >= 15 is 0 Å². The second-order valence-corrected chi connectivity index (χ2v) is 9.74. The van der Waals surface area contributed by atoms with Gasteiger partial charge in [-0.25, -0.2) is 0 Å². The molecular formula is C26H36N6O2. The van der Waals surface area contributed by atoms with E-state index < -0.39 is 6.04 Å². The lowest BCUT2D eigenvalue weighted by molar-refractivity contribution is -0.127. The van der Waals surface area contributed by atoms with Crippen LogP contribution in [0.1, 0.15) is 42.6 Å². The third-order valence-electron chi connectivity index (χ3n) is 7.41. The SMILES string of the molecule is CN1CCN(CCC(C#N)NC(=O)C2CCCCC2NC(=O)c2cc3ccccc3n2C)CC1. The Balaban J connectivity index is 1.35. The number of piperazine rings is 1. The molecule has 2 amide bonds. The van der Waals surface area contributed by atoms with Crippen molar-refractivity contribution >= 4 is 22.7 Å². The van der Waals surface area contributed by atoms with E-state index in [4.69, 9.17) is 0 Å². The van der Waals surface area contributed by atoms with E-state index in [1.54, 1.807) is 0 Å². The Morgan fingerprint density at radius 3 is 2.59 bits per heavy atom. The number of aromatic nitrogens is 1. The van der Waals surface area contributed by atoms with Crippen LogP contribution in [0.15, 0.2) is 30.3 Å². The van der Waals surface area contributed by atoms with Crippen LogP contribution in [-0.4, -0.2) is 78.0 Å². The molecule has 8 nitrogen and oxygen atoms in total. The zero-order valence-electron chi connectivity index (χ0n) is 20.3. The summed E-state index contributed by atoms with van der Waals surface area (Å²) in [6, 6.07) is 11.3. The maximum Gasteiger partial charge on any atom is 0.268 e. The van der Waals surface area contributed by atoms with Gasteiger partial charge in [0.05, 0.1) is 12.0 Å². The lowest BCUT2D eigenvalue weighted by Crippen LogP contribution is -2.51. The van der Waals surface area contributed by atoms with Crippen LogP contribution < -0.4 is 10.6 Å². The second-order valence-electron chi connectivity index (χ2n) is 9.74. The Hall–Kier alpha value is -2.89. The van der Waals surface area contributed by atoms with Gasteiger partial charge in [-0.15, -0.1) is 0 Å². The van der Waals surface area contributed by atoms with Gasteiger partial charge in [0, 0.05) is 56.7 Å². The molecule has 2 N–H and O–H groups in total. The van der Waals surface area contributed by atoms with E-state index in [0.717, 1.165) is 69.3 Å². The summed E-state index contributed by atoms with van der Waals surface area (Å²) in [6.45, 7) is 4.85. The molecule has 182 valence electrons. The number of hydrogen-bond acceptors (Lipinski definition) is 5. The summed E-state index contributed by atoms with van der Waals surface area (Å²) in [4.78, 5) is 30.9.